The summed E-state index contributed by atoms with van der Waals surface area (Å²) in [5.74, 6) is 1.56. The summed E-state index contributed by atoms with van der Waals surface area (Å²) in [5, 5.41) is 1.17. The van der Waals surface area contributed by atoms with E-state index >= 15 is 0 Å². The van der Waals surface area contributed by atoms with E-state index in [0.29, 0.717) is 18.3 Å². The van der Waals surface area contributed by atoms with Crippen molar-refractivity contribution in [3.63, 3.8) is 0 Å². The van der Waals surface area contributed by atoms with Gasteiger partial charge in [0.1, 0.15) is 0 Å². The highest BCUT2D eigenvalue weighted by Gasteiger charge is 2.37. The predicted molar refractivity (Wildman–Crippen MR) is 92.0 cm³/mol. The van der Waals surface area contributed by atoms with Crippen LogP contribution in [0, 0.1) is 11.8 Å². The maximum atomic E-state index is 12.7. The lowest BCUT2D eigenvalue weighted by Crippen LogP contribution is -2.44. The molecule has 0 bridgehead atoms. The van der Waals surface area contributed by atoms with Gasteiger partial charge in [-0.3, -0.25) is 4.79 Å². The third kappa shape index (κ3) is 2.76. The van der Waals surface area contributed by atoms with Crippen molar-refractivity contribution in [1.82, 2.24) is 9.88 Å². The lowest BCUT2D eigenvalue weighted by molar-refractivity contribution is -0.131. The van der Waals surface area contributed by atoms with Crippen molar-refractivity contribution in [1.29, 1.82) is 0 Å². The van der Waals surface area contributed by atoms with Crippen molar-refractivity contribution in [2.24, 2.45) is 17.6 Å². The van der Waals surface area contributed by atoms with Gasteiger partial charge in [0.15, 0.2) is 0 Å². The fraction of sp³-hybridized carbons (Fsp3) is 0.526. The van der Waals surface area contributed by atoms with Crippen molar-refractivity contribution >= 4 is 16.8 Å². The van der Waals surface area contributed by atoms with E-state index in [9.17, 15) is 4.79 Å². The van der Waals surface area contributed by atoms with Crippen LogP contribution < -0.4 is 5.73 Å². The van der Waals surface area contributed by atoms with Crippen molar-refractivity contribution in [3.8, 4) is 0 Å². The second kappa shape index (κ2) is 6.00. The Morgan fingerprint density at radius 2 is 1.91 bits per heavy atom. The number of benzene rings is 1. The molecule has 2 aliphatic rings. The van der Waals surface area contributed by atoms with Gasteiger partial charge < -0.3 is 15.6 Å². The first kappa shape index (κ1) is 14.8. The van der Waals surface area contributed by atoms with Crippen molar-refractivity contribution in [2.75, 3.05) is 13.1 Å². The van der Waals surface area contributed by atoms with Gasteiger partial charge >= 0.3 is 0 Å². The molecule has 1 amide bonds. The van der Waals surface area contributed by atoms with Gasteiger partial charge in [0.05, 0.1) is 6.04 Å². The van der Waals surface area contributed by atoms with Crippen LogP contribution in [0.1, 0.15) is 31.2 Å². The fourth-order valence-electron chi connectivity index (χ4n) is 4.45. The molecule has 0 spiro atoms. The molecule has 1 aliphatic carbocycles. The van der Waals surface area contributed by atoms with Gasteiger partial charge in [-0.1, -0.05) is 31.0 Å². The van der Waals surface area contributed by atoms with E-state index in [1.807, 2.05) is 23.2 Å². The first-order valence-corrected chi connectivity index (χ1v) is 8.82. The van der Waals surface area contributed by atoms with E-state index < -0.39 is 6.04 Å². The highest BCUT2D eigenvalue weighted by atomic mass is 16.2. The first-order valence-electron chi connectivity index (χ1n) is 8.82. The Morgan fingerprint density at radius 1 is 1.22 bits per heavy atom. The van der Waals surface area contributed by atoms with Crippen LogP contribution >= 0.6 is 0 Å². The summed E-state index contributed by atoms with van der Waals surface area (Å²) in [4.78, 5) is 18.0. The van der Waals surface area contributed by atoms with Crippen LogP contribution in [0.25, 0.3) is 10.9 Å². The van der Waals surface area contributed by atoms with E-state index in [1.54, 1.807) is 0 Å². The highest BCUT2D eigenvalue weighted by molar-refractivity contribution is 5.86. The number of carbonyl (C=O) groups is 1. The zero-order valence-corrected chi connectivity index (χ0v) is 13.5. The maximum Gasteiger partial charge on any atom is 0.239 e. The number of nitrogens with two attached hydrogens (primary N) is 1. The molecule has 2 aromatic rings. The third-order valence-corrected chi connectivity index (χ3v) is 5.72. The number of fused-ring (bicyclic) bond motifs is 2. The Morgan fingerprint density at radius 3 is 2.65 bits per heavy atom. The molecule has 1 saturated heterocycles. The van der Waals surface area contributed by atoms with Crippen LogP contribution in [0.5, 0.6) is 0 Å². The van der Waals surface area contributed by atoms with Gasteiger partial charge in [-0.05, 0) is 42.7 Å². The van der Waals surface area contributed by atoms with Crippen molar-refractivity contribution in [2.45, 2.75) is 38.1 Å². The summed E-state index contributed by atoms with van der Waals surface area (Å²) in [7, 11) is 0. The number of hydrogen-bond acceptors (Lipinski definition) is 2. The molecule has 4 rings (SSSR count). The minimum atomic E-state index is -0.436. The summed E-state index contributed by atoms with van der Waals surface area (Å²) < 4.78 is 0. The van der Waals surface area contributed by atoms with E-state index in [4.69, 9.17) is 5.73 Å². The summed E-state index contributed by atoms with van der Waals surface area (Å²) in [6, 6.07) is 7.74. The SMILES string of the molecule is N[C@@H](Cc1c[nH]c2ccccc12)C(=O)N1CC2CCCCC2C1. The zero-order chi connectivity index (χ0) is 15.8. The molecule has 2 unspecified atom stereocenters. The first-order chi connectivity index (χ1) is 11.2. The molecule has 2 heterocycles. The van der Waals surface area contributed by atoms with Gasteiger partial charge in [-0.2, -0.15) is 0 Å². The monoisotopic (exact) mass is 311 g/mol. The van der Waals surface area contributed by atoms with E-state index in [-0.39, 0.29) is 5.91 Å². The maximum absolute atomic E-state index is 12.7. The number of nitrogens with one attached hydrogen (secondary N) is 1. The van der Waals surface area contributed by atoms with Gasteiger partial charge in [-0.25, -0.2) is 0 Å². The second-order valence-electron chi connectivity index (χ2n) is 7.22. The van der Waals surface area contributed by atoms with E-state index in [0.717, 1.165) is 24.2 Å². The summed E-state index contributed by atoms with van der Waals surface area (Å²) in [5.41, 5.74) is 8.51. The molecule has 4 heteroatoms. The molecule has 23 heavy (non-hydrogen) atoms. The van der Waals surface area contributed by atoms with Crippen LogP contribution in [0.2, 0.25) is 0 Å². The van der Waals surface area contributed by atoms with Crippen LogP contribution in [-0.2, 0) is 11.2 Å². The van der Waals surface area contributed by atoms with Gasteiger partial charge in [0.25, 0.3) is 0 Å². The smallest absolute Gasteiger partial charge is 0.239 e. The number of rotatable bonds is 3. The minimum absolute atomic E-state index is 0.129. The molecule has 122 valence electrons. The molecular weight excluding hydrogens is 286 g/mol. The quantitative estimate of drug-likeness (QED) is 0.915. The third-order valence-electron chi connectivity index (χ3n) is 5.72. The predicted octanol–water partition coefficient (Wildman–Crippen LogP) is 2.69. The minimum Gasteiger partial charge on any atom is -0.361 e. The Labute approximate surface area is 137 Å². The Kier molecular flexibility index (Phi) is 3.85. The molecular formula is C19H25N3O. The highest BCUT2D eigenvalue weighted by Crippen LogP contribution is 2.36. The molecule has 0 radical (unpaired) electrons. The second-order valence-corrected chi connectivity index (χ2v) is 7.22. The Balaban J connectivity index is 1.44. The standard InChI is InChI=1S/C19H25N3O/c20-17(9-15-10-21-18-8-4-3-7-16(15)18)19(23)22-11-13-5-1-2-6-14(13)12-22/h3-4,7-8,10,13-14,17,21H,1-2,5-6,9,11-12,20H2/t13?,14?,17-/m0/s1. The topological polar surface area (TPSA) is 62.1 Å². The molecule has 3 N–H and O–H groups in total. The van der Waals surface area contributed by atoms with Gasteiger partial charge in [0, 0.05) is 30.2 Å². The number of hydrogen-bond donors (Lipinski definition) is 2. The zero-order valence-electron chi connectivity index (χ0n) is 13.5. The number of likely N-dealkylation sites (tertiary alicyclic amines) is 1. The lowest BCUT2D eigenvalue weighted by atomic mass is 9.82. The Bertz CT molecular complexity index is 693. The fourth-order valence-corrected chi connectivity index (χ4v) is 4.45. The number of aromatic nitrogens is 1. The number of H-pyrrole nitrogens is 1. The summed E-state index contributed by atoms with van der Waals surface area (Å²) in [6.45, 7) is 1.84. The van der Waals surface area contributed by atoms with Crippen LogP contribution in [-0.4, -0.2) is 34.9 Å². The molecule has 3 atom stereocenters. The van der Waals surface area contributed by atoms with Gasteiger partial charge in [-0.15, -0.1) is 0 Å². The average Bonchev–Trinajstić information content (AvgIpc) is 3.18. The molecule has 1 saturated carbocycles. The number of para-hydroxylation sites is 1. The number of amides is 1. The van der Waals surface area contributed by atoms with Crippen LogP contribution in [0.15, 0.2) is 30.5 Å². The summed E-state index contributed by atoms with van der Waals surface area (Å²) >= 11 is 0. The molecule has 1 aromatic carbocycles. The van der Waals surface area contributed by atoms with E-state index in [2.05, 4.69) is 17.1 Å². The average molecular weight is 311 g/mol. The van der Waals surface area contributed by atoms with E-state index in [1.165, 1.54) is 31.1 Å². The Hall–Kier alpha value is -1.81. The van der Waals surface area contributed by atoms with Crippen molar-refractivity contribution in [3.05, 3.63) is 36.0 Å². The normalized spacial score (nSPS) is 25.5. The van der Waals surface area contributed by atoms with Crippen LogP contribution in [0.4, 0.5) is 0 Å². The molecule has 1 aromatic heterocycles. The summed E-state index contributed by atoms with van der Waals surface area (Å²) in [6.07, 6.45) is 7.81. The number of aromatic amines is 1. The van der Waals surface area contributed by atoms with Crippen LogP contribution in [0.3, 0.4) is 0 Å². The molecule has 1 aliphatic heterocycles. The lowest BCUT2D eigenvalue weighted by Gasteiger charge is -2.22. The number of nitrogens with zero attached hydrogens (tertiary/aromatic N) is 1. The number of carbonyl (C=O) groups excluding carboxylic acids is 1. The van der Waals surface area contributed by atoms with Gasteiger partial charge in [0.2, 0.25) is 5.91 Å². The van der Waals surface area contributed by atoms with Crippen molar-refractivity contribution < 1.29 is 4.79 Å². The largest absolute Gasteiger partial charge is 0.361 e. The molecule has 2 fully saturated rings. The molecule has 4 nitrogen and oxygen atoms in total.